The van der Waals surface area contributed by atoms with Crippen LogP contribution in [0.15, 0.2) is 60.7 Å². The van der Waals surface area contributed by atoms with Crippen LogP contribution in [0.25, 0.3) is 10.9 Å². The molecule has 1 aliphatic carbocycles. The van der Waals surface area contributed by atoms with Crippen LogP contribution in [-0.2, 0) is 6.61 Å². The van der Waals surface area contributed by atoms with Gasteiger partial charge in [0.05, 0.1) is 11.1 Å². The van der Waals surface area contributed by atoms with Crippen LogP contribution in [0.1, 0.15) is 41.6 Å². The number of ether oxygens (including phenoxy) is 1. The number of pyridine rings is 1. The molecule has 1 fully saturated rings. The summed E-state index contributed by atoms with van der Waals surface area (Å²) in [7, 11) is 0. The zero-order chi connectivity index (χ0) is 17.8. The molecule has 4 heteroatoms. The summed E-state index contributed by atoms with van der Waals surface area (Å²) < 4.78 is 5.87. The first kappa shape index (κ1) is 16.6. The summed E-state index contributed by atoms with van der Waals surface area (Å²) in [6.45, 7) is 0.426. The van der Waals surface area contributed by atoms with Crippen molar-refractivity contribution in [2.75, 3.05) is 0 Å². The predicted octanol–water partition coefficient (Wildman–Crippen LogP) is 4.49. The van der Waals surface area contributed by atoms with Gasteiger partial charge in [0.1, 0.15) is 6.61 Å². The third-order valence-electron chi connectivity index (χ3n) is 4.86. The molecule has 26 heavy (non-hydrogen) atoms. The molecule has 1 amide bonds. The Balaban J connectivity index is 1.61. The Morgan fingerprint density at radius 1 is 1.04 bits per heavy atom. The molecule has 1 aliphatic rings. The number of carbonyl (C=O) groups is 1. The Hall–Kier alpha value is -2.88. The zero-order valence-corrected chi connectivity index (χ0v) is 14.7. The van der Waals surface area contributed by atoms with Gasteiger partial charge in [-0.3, -0.25) is 4.79 Å². The van der Waals surface area contributed by atoms with Gasteiger partial charge < -0.3 is 10.1 Å². The molecular weight excluding hydrogens is 324 g/mol. The van der Waals surface area contributed by atoms with Crippen LogP contribution in [0.2, 0.25) is 0 Å². The van der Waals surface area contributed by atoms with Gasteiger partial charge in [-0.1, -0.05) is 61.4 Å². The maximum atomic E-state index is 12.8. The molecule has 4 nitrogen and oxygen atoms in total. The van der Waals surface area contributed by atoms with Crippen molar-refractivity contribution in [3.05, 3.63) is 71.8 Å². The number of fused-ring (bicyclic) bond motifs is 1. The first-order chi connectivity index (χ1) is 12.8. The van der Waals surface area contributed by atoms with Crippen molar-refractivity contribution in [3.8, 4) is 5.88 Å². The largest absolute Gasteiger partial charge is 0.473 e. The summed E-state index contributed by atoms with van der Waals surface area (Å²) in [5, 5.41) is 4.02. The average molecular weight is 346 g/mol. The third kappa shape index (κ3) is 3.69. The highest BCUT2D eigenvalue weighted by Gasteiger charge is 2.20. The van der Waals surface area contributed by atoms with Crippen molar-refractivity contribution in [3.63, 3.8) is 0 Å². The standard InChI is InChI=1S/C22H22N2O2/c25-22(23-17-10-4-5-11-17)19-14-21(24-20-13-7-6-12-18(19)20)26-15-16-8-2-1-3-9-16/h1-3,6-9,12-14,17H,4-5,10-11,15H2,(H,23,25). The van der Waals surface area contributed by atoms with E-state index in [9.17, 15) is 4.79 Å². The van der Waals surface area contributed by atoms with Crippen molar-refractivity contribution < 1.29 is 9.53 Å². The second kappa shape index (κ2) is 7.56. The highest BCUT2D eigenvalue weighted by molar-refractivity contribution is 6.06. The Kier molecular flexibility index (Phi) is 4.82. The number of hydrogen-bond acceptors (Lipinski definition) is 3. The smallest absolute Gasteiger partial charge is 0.252 e. The minimum atomic E-state index is -0.0416. The number of aromatic nitrogens is 1. The summed E-state index contributed by atoms with van der Waals surface area (Å²) in [5.74, 6) is 0.434. The minimum Gasteiger partial charge on any atom is -0.473 e. The van der Waals surface area contributed by atoms with E-state index in [4.69, 9.17) is 4.74 Å². The number of hydrogen-bond donors (Lipinski definition) is 1. The maximum absolute atomic E-state index is 12.8. The van der Waals surface area contributed by atoms with Gasteiger partial charge in [-0.05, 0) is 24.5 Å². The lowest BCUT2D eigenvalue weighted by Crippen LogP contribution is -2.32. The molecule has 1 N–H and O–H groups in total. The van der Waals surface area contributed by atoms with Crippen LogP contribution in [0.4, 0.5) is 0 Å². The number of amides is 1. The van der Waals surface area contributed by atoms with Gasteiger partial charge in [0, 0.05) is 17.5 Å². The van der Waals surface area contributed by atoms with E-state index in [1.165, 1.54) is 12.8 Å². The number of para-hydroxylation sites is 1. The molecule has 0 saturated heterocycles. The molecule has 0 unspecified atom stereocenters. The van der Waals surface area contributed by atoms with E-state index in [0.717, 1.165) is 29.3 Å². The molecule has 0 aliphatic heterocycles. The van der Waals surface area contributed by atoms with Crippen molar-refractivity contribution in [2.45, 2.75) is 38.3 Å². The summed E-state index contributed by atoms with van der Waals surface area (Å²) in [6.07, 6.45) is 4.50. The molecule has 0 bridgehead atoms. The van der Waals surface area contributed by atoms with E-state index in [1.54, 1.807) is 6.07 Å². The molecule has 1 saturated carbocycles. The quantitative estimate of drug-likeness (QED) is 0.741. The third-order valence-corrected chi connectivity index (χ3v) is 4.86. The van der Waals surface area contributed by atoms with E-state index < -0.39 is 0 Å². The number of nitrogens with zero attached hydrogens (tertiary/aromatic N) is 1. The lowest BCUT2D eigenvalue weighted by Gasteiger charge is -2.14. The predicted molar refractivity (Wildman–Crippen MR) is 102 cm³/mol. The van der Waals surface area contributed by atoms with Gasteiger partial charge in [0.25, 0.3) is 5.91 Å². The van der Waals surface area contributed by atoms with Crippen molar-refractivity contribution in [1.29, 1.82) is 0 Å². The monoisotopic (exact) mass is 346 g/mol. The van der Waals surface area contributed by atoms with Gasteiger partial charge in [0.2, 0.25) is 5.88 Å². The molecule has 0 spiro atoms. The molecule has 1 aromatic heterocycles. The van der Waals surface area contributed by atoms with Gasteiger partial charge in [-0.2, -0.15) is 0 Å². The van der Waals surface area contributed by atoms with Gasteiger partial charge in [-0.15, -0.1) is 0 Å². The lowest BCUT2D eigenvalue weighted by molar-refractivity contribution is 0.0939. The normalized spacial score (nSPS) is 14.5. The molecule has 132 valence electrons. The summed E-state index contributed by atoms with van der Waals surface area (Å²) >= 11 is 0. The zero-order valence-electron chi connectivity index (χ0n) is 14.7. The second-order valence-corrected chi connectivity index (χ2v) is 6.75. The molecule has 2 aromatic carbocycles. The van der Waals surface area contributed by atoms with E-state index in [1.807, 2.05) is 54.6 Å². The number of benzene rings is 2. The van der Waals surface area contributed by atoms with Gasteiger partial charge >= 0.3 is 0 Å². The fourth-order valence-electron chi connectivity index (χ4n) is 3.48. The topological polar surface area (TPSA) is 51.2 Å². The lowest BCUT2D eigenvalue weighted by atomic mass is 10.1. The van der Waals surface area contributed by atoms with Crippen molar-refractivity contribution in [2.24, 2.45) is 0 Å². The Labute approximate surface area is 153 Å². The van der Waals surface area contributed by atoms with Crippen LogP contribution < -0.4 is 10.1 Å². The van der Waals surface area contributed by atoms with E-state index >= 15 is 0 Å². The van der Waals surface area contributed by atoms with Crippen LogP contribution in [0.3, 0.4) is 0 Å². The van der Waals surface area contributed by atoms with Crippen LogP contribution in [0, 0.1) is 0 Å². The van der Waals surface area contributed by atoms with Crippen LogP contribution in [-0.4, -0.2) is 16.9 Å². The molecule has 3 aromatic rings. The van der Waals surface area contributed by atoms with E-state index in [2.05, 4.69) is 10.3 Å². The fourth-order valence-corrected chi connectivity index (χ4v) is 3.48. The summed E-state index contributed by atoms with van der Waals surface area (Å²) in [5.41, 5.74) is 2.47. The molecular formula is C22H22N2O2. The number of rotatable bonds is 5. The summed E-state index contributed by atoms with van der Waals surface area (Å²) in [6, 6.07) is 19.7. The average Bonchev–Trinajstić information content (AvgIpc) is 3.19. The number of carbonyl (C=O) groups excluding carboxylic acids is 1. The Morgan fingerprint density at radius 3 is 2.58 bits per heavy atom. The first-order valence-corrected chi connectivity index (χ1v) is 9.17. The first-order valence-electron chi connectivity index (χ1n) is 9.17. The maximum Gasteiger partial charge on any atom is 0.252 e. The van der Waals surface area contributed by atoms with E-state index in [-0.39, 0.29) is 11.9 Å². The minimum absolute atomic E-state index is 0.0416. The highest BCUT2D eigenvalue weighted by Crippen LogP contribution is 2.24. The van der Waals surface area contributed by atoms with Gasteiger partial charge in [-0.25, -0.2) is 4.98 Å². The van der Waals surface area contributed by atoms with Gasteiger partial charge in [0.15, 0.2) is 0 Å². The van der Waals surface area contributed by atoms with Crippen molar-refractivity contribution >= 4 is 16.8 Å². The summed E-state index contributed by atoms with van der Waals surface area (Å²) in [4.78, 5) is 17.4. The fraction of sp³-hybridized carbons (Fsp3) is 0.273. The van der Waals surface area contributed by atoms with E-state index in [0.29, 0.717) is 18.1 Å². The number of nitrogens with one attached hydrogen (secondary N) is 1. The molecule has 4 rings (SSSR count). The Morgan fingerprint density at radius 2 is 1.77 bits per heavy atom. The second-order valence-electron chi connectivity index (χ2n) is 6.75. The van der Waals surface area contributed by atoms with Crippen LogP contribution in [0.5, 0.6) is 5.88 Å². The molecule has 0 radical (unpaired) electrons. The Bertz CT molecular complexity index is 902. The highest BCUT2D eigenvalue weighted by atomic mass is 16.5. The molecule has 0 atom stereocenters. The van der Waals surface area contributed by atoms with Crippen molar-refractivity contribution in [1.82, 2.24) is 10.3 Å². The molecule has 1 heterocycles. The SMILES string of the molecule is O=C(NC1CCCC1)c1cc(OCc2ccccc2)nc2ccccc12. The van der Waals surface area contributed by atoms with Crippen LogP contribution >= 0.6 is 0 Å².